The van der Waals surface area contributed by atoms with Crippen LogP contribution in [0.3, 0.4) is 0 Å². The fourth-order valence-electron chi connectivity index (χ4n) is 1.12. The summed E-state index contributed by atoms with van der Waals surface area (Å²) in [6.07, 6.45) is 0. The van der Waals surface area contributed by atoms with E-state index in [-0.39, 0.29) is 6.61 Å². The second-order valence-corrected chi connectivity index (χ2v) is 2.90. The second-order valence-electron chi connectivity index (χ2n) is 2.90. The Hall–Kier alpha value is -1.10. The molecule has 0 bridgehead atoms. The molecule has 0 amide bonds. The van der Waals surface area contributed by atoms with Crippen molar-refractivity contribution in [2.24, 2.45) is 0 Å². The van der Waals surface area contributed by atoms with Crippen LogP contribution in [-0.4, -0.2) is 33.9 Å². The van der Waals surface area contributed by atoms with Crippen molar-refractivity contribution in [3.05, 3.63) is 30.3 Å². The molecule has 0 aliphatic carbocycles. The highest BCUT2D eigenvalue weighted by Gasteiger charge is 2.30. The van der Waals surface area contributed by atoms with Gasteiger partial charge in [-0.1, -0.05) is 18.2 Å². The van der Waals surface area contributed by atoms with Crippen LogP contribution in [0.5, 0.6) is 5.75 Å². The third kappa shape index (κ3) is 3.20. The van der Waals surface area contributed by atoms with E-state index in [0.717, 1.165) is 5.75 Å². The maximum atomic E-state index is 5.47. The number of hydrogen-bond donors (Lipinski definition) is 0. The topological polar surface area (TPSA) is 36.9 Å². The van der Waals surface area contributed by atoms with Crippen LogP contribution in [0.2, 0.25) is 0 Å². The molecule has 0 atom stereocenters. The Morgan fingerprint density at radius 2 is 1.47 bits per heavy atom. The molecule has 0 aliphatic heterocycles. The molecule has 0 unspecified atom stereocenters. The summed E-state index contributed by atoms with van der Waals surface area (Å²) >= 11 is 0. The minimum Gasteiger partial charge on any atom is -0.485 e. The van der Waals surface area contributed by atoms with Crippen molar-refractivity contribution in [2.75, 3.05) is 27.9 Å². The fraction of sp³-hybridized carbons (Fsp3) is 0.455. The summed E-state index contributed by atoms with van der Waals surface area (Å²) < 4.78 is 20.7. The SMILES string of the molecule is COC(COc1ccccc1)(OC)OC. The van der Waals surface area contributed by atoms with Gasteiger partial charge >= 0.3 is 5.97 Å². The van der Waals surface area contributed by atoms with Gasteiger partial charge in [0.2, 0.25) is 0 Å². The van der Waals surface area contributed by atoms with E-state index >= 15 is 0 Å². The molecule has 1 aromatic rings. The molecule has 0 saturated carbocycles. The van der Waals surface area contributed by atoms with Crippen LogP contribution < -0.4 is 4.74 Å². The highest BCUT2D eigenvalue weighted by Crippen LogP contribution is 2.16. The number of ether oxygens (including phenoxy) is 4. The van der Waals surface area contributed by atoms with Crippen LogP contribution in [0.4, 0.5) is 0 Å². The number of rotatable bonds is 6. The maximum absolute atomic E-state index is 5.47. The van der Waals surface area contributed by atoms with Crippen LogP contribution in [0.15, 0.2) is 30.3 Å². The van der Waals surface area contributed by atoms with Gasteiger partial charge in [-0.3, -0.25) is 0 Å². The number of hydrogen-bond acceptors (Lipinski definition) is 4. The van der Waals surface area contributed by atoms with Gasteiger partial charge in [-0.2, -0.15) is 0 Å². The molecule has 84 valence electrons. The summed E-state index contributed by atoms with van der Waals surface area (Å²) in [4.78, 5) is 0. The van der Waals surface area contributed by atoms with Crippen LogP contribution in [0.25, 0.3) is 0 Å². The van der Waals surface area contributed by atoms with Crippen molar-refractivity contribution < 1.29 is 18.9 Å². The summed E-state index contributed by atoms with van der Waals surface area (Å²) in [5, 5.41) is 0. The molecule has 0 N–H and O–H groups in total. The van der Waals surface area contributed by atoms with E-state index in [2.05, 4.69) is 0 Å². The molecule has 15 heavy (non-hydrogen) atoms. The normalized spacial score (nSPS) is 11.4. The molecule has 1 aromatic carbocycles. The number of para-hydroxylation sites is 1. The van der Waals surface area contributed by atoms with Gasteiger partial charge in [0.1, 0.15) is 5.75 Å². The lowest BCUT2D eigenvalue weighted by atomic mass is 10.3. The maximum Gasteiger partial charge on any atom is 0.318 e. The van der Waals surface area contributed by atoms with Crippen LogP contribution in [0.1, 0.15) is 0 Å². The minimum atomic E-state index is -1.14. The summed E-state index contributed by atoms with van der Waals surface area (Å²) in [5.41, 5.74) is 0. The molecular weight excluding hydrogens is 196 g/mol. The highest BCUT2D eigenvalue weighted by atomic mass is 16.9. The zero-order valence-electron chi connectivity index (χ0n) is 9.23. The Balaban J connectivity index is 2.54. The third-order valence-electron chi connectivity index (χ3n) is 2.09. The molecule has 0 aliphatic rings. The number of methoxy groups -OCH3 is 3. The standard InChI is InChI=1S/C11H16O4/c1-12-11(13-2,14-3)9-15-10-7-5-4-6-8-10/h4-8H,9H2,1-3H3. The van der Waals surface area contributed by atoms with E-state index in [4.69, 9.17) is 18.9 Å². The van der Waals surface area contributed by atoms with E-state index < -0.39 is 5.97 Å². The first-order valence-corrected chi connectivity index (χ1v) is 4.59. The average Bonchev–Trinajstić information content (AvgIpc) is 2.33. The summed E-state index contributed by atoms with van der Waals surface area (Å²) in [5.74, 6) is -0.399. The lowest BCUT2D eigenvalue weighted by molar-refractivity contribution is -0.361. The smallest absolute Gasteiger partial charge is 0.318 e. The van der Waals surface area contributed by atoms with Gasteiger partial charge < -0.3 is 18.9 Å². The predicted octanol–water partition coefficient (Wildman–Crippen LogP) is 1.66. The molecule has 4 heteroatoms. The molecule has 0 fully saturated rings. The summed E-state index contributed by atoms with van der Waals surface area (Å²) in [6, 6.07) is 9.41. The van der Waals surface area contributed by atoms with E-state index in [0.29, 0.717) is 0 Å². The molecule has 0 heterocycles. The molecule has 0 aromatic heterocycles. The quantitative estimate of drug-likeness (QED) is 0.672. The lowest BCUT2D eigenvalue weighted by Crippen LogP contribution is -2.42. The van der Waals surface area contributed by atoms with Crippen molar-refractivity contribution in [1.82, 2.24) is 0 Å². The van der Waals surface area contributed by atoms with Crippen molar-refractivity contribution in [3.63, 3.8) is 0 Å². The highest BCUT2D eigenvalue weighted by molar-refractivity contribution is 5.20. The van der Waals surface area contributed by atoms with Gasteiger partial charge in [0.25, 0.3) is 0 Å². The molecule has 4 nitrogen and oxygen atoms in total. The molecule has 0 spiro atoms. The van der Waals surface area contributed by atoms with Gasteiger partial charge in [0.05, 0.1) is 0 Å². The first kappa shape index (κ1) is 12.0. The van der Waals surface area contributed by atoms with Gasteiger partial charge in [-0.15, -0.1) is 0 Å². The third-order valence-corrected chi connectivity index (χ3v) is 2.09. The van der Waals surface area contributed by atoms with Gasteiger partial charge in [0, 0.05) is 21.3 Å². The first-order chi connectivity index (χ1) is 7.26. The van der Waals surface area contributed by atoms with E-state index in [9.17, 15) is 0 Å². The Kier molecular flexibility index (Phi) is 4.55. The van der Waals surface area contributed by atoms with Crippen molar-refractivity contribution in [3.8, 4) is 5.75 Å². The first-order valence-electron chi connectivity index (χ1n) is 4.59. The Morgan fingerprint density at radius 1 is 0.933 bits per heavy atom. The zero-order valence-corrected chi connectivity index (χ0v) is 9.23. The van der Waals surface area contributed by atoms with Gasteiger partial charge in [-0.05, 0) is 12.1 Å². The van der Waals surface area contributed by atoms with Crippen LogP contribution in [0, 0.1) is 0 Å². The largest absolute Gasteiger partial charge is 0.485 e. The van der Waals surface area contributed by atoms with E-state index in [1.165, 1.54) is 21.3 Å². The fourth-order valence-corrected chi connectivity index (χ4v) is 1.12. The Morgan fingerprint density at radius 3 is 1.93 bits per heavy atom. The molecule has 0 saturated heterocycles. The van der Waals surface area contributed by atoms with Crippen molar-refractivity contribution >= 4 is 0 Å². The zero-order chi connectivity index (χ0) is 11.1. The molecule has 1 rings (SSSR count). The van der Waals surface area contributed by atoms with E-state index in [1.54, 1.807) is 0 Å². The second kappa shape index (κ2) is 5.70. The van der Waals surface area contributed by atoms with Crippen LogP contribution >= 0.6 is 0 Å². The van der Waals surface area contributed by atoms with Gasteiger partial charge in [-0.25, -0.2) is 0 Å². The average molecular weight is 212 g/mol. The van der Waals surface area contributed by atoms with E-state index in [1.807, 2.05) is 30.3 Å². The monoisotopic (exact) mass is 212 g/mol. The summed E-state index contributed by atoms with van der Waals surface area (Å²) in [6.45, 7) is 0.167. The molecular formula is C11H16O4. The lowest BCUT2D eigenvalue weighted by Gasteiger charge is -2.28. The van der Waals surface area contributed by atoms with Gasteiger partial charge in [0.15, 0.2) is 6.61 Å². The van der Waals surface area contributed by atoms with Crippen molar-refractivity contribution in [1.29, 1.82) is 0 Å². The van der Waals surface area contributed by atoms with Crippen molar-refractivity contribution in [2.45, 2.75) is 5.97 Å². The summed E-state index contributed by atoms with van der Waals surface area (Å²) in [7, 11) is 4.50. The van der Waals surface area contributed by atoms with Crippen LogP contribution in [-0.2, 0) is 14.2 Å². The Bertz CT molecular complexity index is 261. The Labute approximate surface area is 89.7 Å². The minimum absolute atomic E-state index is 0.167. The molecule has 0 radical (unpaired) electrons. The number of benzene rings is 1. The predicted molar refractivity (Wildman–Crippen MR) is 55.7 cm³/mol.